The van der Waals surface area contributed by atoms with Crippen LogP contribution in [0.25, 0.3) is 10.2 Å². The molecule has 1 amide bonds. The van der Waals surface area contributed by atoms with Gasteiger partial charge < -0.3 is 19.7 Å². The molecule has 0 spiro atoms. The van der Waals surface area contributed by atoms with E-state index in [0.717, 1.165) is 85.3 Å². The number of ether oxygens (including phenoxy) is 2. The number of nitrogens with zero attached hydrogens (tertiary/aromatic N) is 4. The molecule has 2 fully saturated rings. The van der Waals surface area contributed by atoms with E-state index in [2.05, 4.69) is 10.2 Å². The van der Waals surface area contributed by atoms with Crippen LogP contribution in [0.5, 0.6) is 5.75 Å². The van der Waals surface area contributed by atoms with Gasteiger partial charge in [-0.3, -0.25) is 9.69 Å². The van der Waals surface area contributed by atoms with E-state index in [1.54, 1.807) is 7.11 Å². The second kappa shape index (κ2) is 9.72. The van der Waals surface area contributed by atoms with Crippen molar-refractivity contribution in [2.75, 3.05) is 50.2 Å². The number of hydrogen-bond acceptors (Lipinski definition) is 8. The lowest BCUT2D eigenvalue weighted by Crippen LogP contribution is -2.36. The molecule has 4 heterocycles. The quantitative estimate of drug-likeness (QED) is 0.549. The number of benzene rings is 1. The van der Waals surface area contributed by atoms with E-state index in [1.807, 2.05) is 34.4 Å². The number of carbonyl (C=O) groups excluding carboxylic acids is 1. The number of morpholine rings is 1. The van der Waals surface area contributed by atoms with Crippen molar-refractivity contribution in [3.63, 3.8) is 0 Å². The van der Waals surface area contributed by atoms with Crippen LogP contribution in [0.1, 0.15) is 41.9 Å². The molecule has 0 radical (unpaired) electrons. The topological polar surface area (TPSA) is 79.8 Å². The molecule has 2 aromatic heterocycles. The van der Waals surface area contributed by atoms with Gasteiger partial charge in [0.2, 0.25) is 5.91 Å². The molecule has 0 atom stereocenters. The third kappa shape index (κ3) is 4.48. The minimum absolute atomic E-state index is 0.143. The predicted molar refractivity (Wildman–Crippen MR) is 138 cm³/mol. The number of fused-ring (bicyclic) bond motifs is 3. The third-order valence-corrected chi connectivity index (χ3v) is 8.32. The van der Waals surface area contributed by atoms with E-state index in [9.17, 15) is 4.79 Å². The average Bonchev–Trinajstić information content (AvgIpc) is 3.47. The van der Waals surface area contributed by atoms with Gasteiger partial charge in [-0.2, -0.15) is 0 Å². The van der Waals surface area contributed by atoms with Crippen molar-refractivity contribution in [1.29, 1.82) is 0 Å². The predicted octanol–water partition coefficient (Wildman–Crippen LogP) is 4.28. The maximum absolute atomic E-state index is 12.5. The molecule has 9 heteroatoms. The monoisotopic (exact) mass is 493 g/mol. The lowest BCUT2D eigenvalue weighted by Gasteiger charge is -2.26. The summed E-state index contributed by atoms with van der Waals surface area (Å²) in [6.45, 7) is 4.74. The highest BCUT2D eigenvalue weighted by Crippen LogP contribution is 2.41. The minimum Gasteiger partial charge on any atom is -0.495 e. The SMILES string of the molecule is COc1ccc(Nc2nc(CN3CCOCC3)nc3sc4c(c23)CCCC4)cc1N1CCCC1=O. The molecule has 2 saturated heterocycles. The van der Waals surface area contributed by atoms with Crippen LogP contribution in [0.15, 0.2) is 18.2 Å². The summed E-state index contributed by atoms with van der Waals surface area (Å²) < 4.78 is 11.1. The van der Waals surface area contributed by atoms with Gasteiger partial charge in [-0.25, -0.2) is 9.97 Å². The van der Waals surface area contributed by atoms with Crippen molar-refractivity contribution in [2.45, 2.75) is 45.1 Å². The molecular weight excluding hydrogens is 462 g/mol. The maximum Gasteiger partial charge on any atom is 0.227 e. The molecular formula is C26H31N5O3S. The van der Waals surface area contributed by atoms with Crippen molar-refractivity contribution >= 4 is 44.7 Å². The van der Waals surface area contributed by atoms with E-state index >= 15 is 0 Å². The number of aromatic nitrogens is 2. The van der Waals surface area contributed by atoms with Crippen LogP contribution in [0, 0.1) is 0 Å². The van der Waals surface area contributed by atoms with Gasteiger partial charge in [0.25, 0.3) is 0 Å². The Balaban J connectivity index is 1.39. The van der Waals surface area contributed by atoms with Gasteiger partial charge in [0.05, 0.1) is 37.9 Å². The van der Waals surface area contributed by atoms with Gasteiger partial charge >= 0.3 is 0 Å². The first-order chi connectivity index (χ1) is 17.2. The van der Waals surface area contributed by atoms with Crippen LogP contribution in [0.2, 0.25) is 0 Å². The number of hydrogen-bond donors (Lipinski definition) is 1. The summed E-state index contributed by atoms with van der Waals surface area (Å²) in [6.07, 6.45) is 6.10. The van der Waals surface area contributed by atoms with Crippen LogP contribution < -0.4 is 15.0 Å². The average molecular weight is 494 g/mol. The van der Waals surface area contributed by atoms with Crippen LogP contribution >= 0.6 is 11.3 Å². The smallest absolute Gasteiger partial charge is 0.227 e. The van der Waals surface area contributed by atoms with Gasteiger partial charge in [0, 0.05) is 36.6 Å². The Hall–Kier alpha value is -2.75. The summed E-state index contributed by atoms with van der Waals surface area (Å²) >= 11 is 1.82. The number of rotatable bonds is 6. The molecule has 6 rings (SSSR count). The zero-order valence-electron chi connectivity index (χ0n) is 20.1. The van der Waals surface area contributed by atoms with Gasteiger partial charge in [-0.1, -0.05) is 0 Å². The van der Waals surface area contributed by atoms with Crippen molar-refractivity contribution < 1.29 is 14.3 Å². The van der Waals surface area contributed by atoms with Crippen LogP contribution in [0.3, 0.4) is 0 Å². The van der Waals surface area contributed by atoms with E-state index in [0.29, 0.717) is 18.7 Å². The first-order valence-corrected chi connectivity index (χ1v) is 13.4. The Kier molecular flexibility index (Phi) is 6.30. The molecule has 0 unspecified atom stereocenters. The minimum atomic E-state index is 0.143. The largest absolute Gasteiger partial charge is 0.495 e. The maximum atomic E-state index is 12.5. The fourth-order valence-corrected chi connectivity index (χ4v) is 6.62. The van der Waals surface area contributed by atoms with Crippen LogP contribution in [-0.2, 0) is 28.9 Å². The van der Waals surface area contributed by atoms with E-state index in [4.69, 9.17) is 19.4 Å². The number of thiophene rings is 1. The normalized spacial score (nSPS) is 18.8. The molecule has 3 aliphatic rings. The summed E-state index contributed by atoms with van der Waals surface area (Å²) in [6, 6.07) is 5.94. The van der Waals surface area contributed by atoms with Gasteiger partial charge in [0.15, 0.2) is 0 Å². The van der Waals surface area contributed by atoms with E-state index < -0.39 is 0 Å². The molecule has 0 bridgehead atoms. The van der Waals surface area contributed by atoms with Gasteiger partial charge in [-0.05, 0) is 55.9 Å². The van der Waals surface area contributed by atoms with E-state index in [1.165, 1.54) is 23.3 Å². The van der Waals surface area contributed by atoms with Crippen molar-refractivity contribution in [1.82, 2.24) is 14.9 Å². The molecule has 0 saturated carbocycles. The molecule has 8 nitrogen and oxygen atoms in total. The first-order valence-electron chi connectivity index (χ1n) is 12.6. The molecule has 1 aromatic carbocycles. The molecule has 35 heavy (non-hydrogen) atoms. The van der Waals surface area contributed by atoms with E-state index in [-0.39, 0.29) is 5.91 Å². The van der Waals surface area contributed by atoms with Crippen molar-refractivity contribution in [2.24, 2.45) is 0 Å². The zero-order valence-corrected chi connectivity index (χ0v) is 21.0. The van der Waals surface area contributed by atoms with Gasteiger partial charge in [0.1, 0.15) is 22.2 Å². The van der Waals surface area contributed by atoms with Crippen molar-refractivity contribution in [3.05, 3.63) is 34.5 Å². The molecule has 1 aliphatic carbocycles. The van der Waals surface area contributed by atoms with Crippen LogP contribution in [-0.4, -0.2) is 60.7 Å². The summed E-state index contributed by atoms with van der Waals surface area (Å²) in [5.41, 5.74) is 3.11. The first kappa shape index (κ1) is 22.7. The Bertz CT molecular complexity index is 1250. The van der Waals surface area contributed by atoms with Crippen molar-refractivity contribution in [3.8, 4) is 5.75 Å². The summed E-state index contributed by atoms with van der Waals surface area (Å²) in [4.78, 5) is 29.2. The lowest BCUT2D eigenvalue weighted by molar-refractivity contribution is -0.117. The fourth-order valence-electron chi connectivity index (χ4n) is 5.34. The Morgan fingerprint density at radius 1 is 1.09 bits per heavy atom. The number of aryl methyl sites for hydroxylation is 2. The summed E-state index contributed by atoms with van der Waals surface area (Å²) in [5, 5.41) is 4.77. The standard InChI is InChI=1S/C26H31N5O3S/c1-33-20-9-8-17(15-19(20)31-10-4-7-23(31)32)27-25-24-18-5-2-3-6-21(18)35-26(24)29-22(28-25)16-30-11-13-34-14-12-30/h8-9,15H,2-7,10-14,16H2,1H3,(H,27,28,29). The summed E-state index contributed by atoms with van der Waals surface area (Å²) in [7, 11) is 1.65. The third-order valence-electron chi connectivity index (χ3n) is 7.14. The number of carbonyl (C=O) groups is 1. The number of amides is 1. The highest BCUT2D eigenvalue weighted by Gasteiger charge is 2.26. The summed E-state index contributed by atoms with van der Waals surface area (Å²) in [5.74, 6) is 2.55. The second-order valence-electron chi connectivity index (χ2n) is 9.43. The fraction of sp³-hybridized carbons (Fsp3) is 0.500. The second-order valence-corrected chi connectivity index (χ2v) is 10.5. The Morgan fingerprint density at radius 3 is 2.74 bits per heavy atom. The highest BCUT2D eigenvalue weighted by atomic mass is 32.1. The number of anilines is 3. The molecule has 3 aromatic rings. The Labute approximate surface area is 209 Å². The highest BCUT2D eigenvalue weighted by molar-refractivity contribution is 7.19. The zero-order chi connectivity index (χ0) is 23.8. The number of nitrogens with one attached hydrogen (secondary N) is 1. The lowest BCUT2D eigenvalue weighted by atomic mass is 9.97. The Morgan fingerprint density at radius 2 is 1.94 bits per heavy atom. The number of methoxy groups -OCH3 is 1. The molecule has 1 N–H and O–H groups in total. The molecule has 184 valence electrons. The van der Waals surface area contributed by atoms with Crippen LogP contribution in [0.4, 0.5) is 17.2 Å². The molecule has 2 aliphatic heterocycles. The van der Waals surface area contributed by atoms with Gasteiger partial charge in [-0.15, -0.1) is 11.3 Å².